The van der Waals surface area contributed by atoms with Crippen LogP contribution in [-0.2, 0) is 0 Å². The summed E-state index contributed by atoms with van der Waals surface area (Å²) in [5.41, 5.74) is 0.632. The number of halogens is 1. The lowest BCUT2D eigenvalue weighted by molar-refractivity contribution is 0.412. The lowest BCUT2D eigenvalue weighted by atomic mass is 10.2. The summed E-state index contributed by atoms with van der Waals surface area (Å²) in [6.45, 7) is 4.64. The first-order valence-corrected chi connectivity index (χ1v) is 5.52. The summed E-state index contributed by atoms with van der Waals surface area (Å²) in [5.74, 6) is 0.512. The van der Waals surface area contributed by atoms with Crippen LogP contribution >= 0.6 is 0 Å². The van der Waals surface area contributed by atoms with E-state index in [4.69, 9.17) is 4.74 Å². The van der Waals surface area contributed by atoms with E-state index < -0.39 is 0 Å². The predicted molar refractivity (Wildman–Crippen MR) is 62.6 cm³/mol. The third-order valence-corrected chi connectivity index (χ3v) is 2.86. The Balaban J connectivity index is 2.24. The number of benzene rings is 1. The van der Waals surface area contributed by atoms with Crippen LogP contribution in [0.4, 0.5) is 10.1 Å². The first-order valence-electron chi connectivity index (χ1n) is 5.52. The van der Waals surface area contributed by atoms with Crippen molar-refractivity contribution in [2.45, 2.75) is 13.0 Å². The van der Waals surface area contributed by atoms with Crippen LogP contribution in [0.5, 0.6) is 5.75 Å². The summed E-state index contributed by atoms with van der Waals surface area (Å²) >= 11 is 0. The highest BCUT2D eigenvalue weighted by Gasteiger charge is 2.18. The van der Waals surface area contributed by atoms with Gasteiger partial charge in [-0.3, -0.25) is 0 Å². The maximum atomic E-state index is 13.7. The molecule has 1 aliphatic rings. The molecule has 88 valence electrons. The summed E-state index contributed by atoms with van der Waals surface area (Å²) in [5, 5.41) is 3.33. The molecular weight excluding hydrogens is 207 g/mol. The van der Waals surface area contributed by atoms with Crippen molar-refractivity contribution >= 4 is 5.69 Å². The van der Waals surface area contributed by atoms with Crippen molar-refractivity contribution < 1.29 is 9.13 Å². The molecule has 16 heavy (non-hydrogen) atoms. The largest absolute Gasteiger partial charge is 0.497 e. The van der Waals surface area contributed by atoms with Crippen LogP contribution in [0.25, 0.3) is 0 Å². The van der Waals surface area contributed by atoms with Crippen molar-refractivity contribution in [1.82, 2.24) is 5.32 Å². The van der Waals surface area contributed by atoms with Gasteiger partial charge in [0.1, 0.15) is 11.6 Å². The van der Waals surface area contributed by atoms with Gasteiger partial charge in [-0.1, -0.05) is 0 Å². The van der Waals surface area contributed by atoms with Crippen molar-refractivity contribution in [3.8, 4) is 5.75 Å². The van der Waals surface area contributed by atoms with Crippen molar-refractivity contribution in [2.24, 2.45) is 0 Å². The standard InChI is InChI=1S/C12H17FN2O/c1-9-8-15(6-5-14-9)12-7-10(16-2)3-4-11(12)13/h3-4,7,9,14H,5-6,8H2,1-2H3/t9-/m1/s1. The molecule has 0 spiro atoms. The Morgan fingerprint density at radius 2 is 2.31 bits per heavy atom. The molecule has 0 radical (unpaired) electrons. The Kier molecular flexibility index (Phi) is 3.29. The van der Waals surface area contributed by atoms with Crippen LogP contribution in [0.15, 0.2) is 18.2 Å². The van der Waals surface area contributed by atoms with E-state index in [1.54, 1.807) is 19.2 Å². The van der Waals surface area contributed by atoms with Gasteiger partial charge in [-0.2, -0.15) is 0 Å². The maximum Gasteiger partial charge on any atom is 0.146 e. The normalized spacial score (nSPS) is 20.9. The smallest absolute Gasteiger partial charge is 0.146 e. The molecule has 4 heteroatoms. The summed E-state index contributed by atoms with van der Waals surface area (Å²) in [4.78, 5) is 2.05. The Hall–Kier alpha value is -1.29. The molecule has 0 saturated carbocycles. The quantitative estimate of drug-likeness (QED) is 0.826. The zero-order chi connectivity index (χ0) is 11.5. The Morgan fingerprint density at radius 3 is 3.00 bits per heavy atom. The molecule has 1 aromatic carbocycles. The van der Waals surface area contributed by atoms with E-state index in [1.807, 2.05) is 0 Å². The Labute approximate surface area is 95.2 Å². The monoisotopic (exact) mass is 224 g/mol. The fraction of sp³-hybridized carbons (Fsp3) is 0.500. The van der Waals surface area contributed by atoms with Gasteiger partial charge in [-0.15, -0.1) is 0 Å². The van der Waals surface area contributed by atoms with Gasteiger partial charge < -0.3 is 15.0 Å². The number of methoxy groups -OCH3 is 1. The number of nitrogens with one attached hydrogen (secondary N) is 1. The third-order valence-electron chi connectivity index (χ3n) is 2.86. The van der Waals surface area contributed by atoms with E-state index in [1.165, 1.54) is 6.07 Å². The molecule has 1 aliphatic heterocycles. The van der Waals surface area contributed by atoms with Crippen molar-refractivity contribution in [3.63, 3.8) is 0 Å². The number of hydrogen-bond donors (Lipinski definition) is 1. The molecule has 1 N–H and O–H groups in total. The van der Waals surface area contributed by atoms with Crippen LogP contribution < -0.4 is 15.0 Å². The highest BCUT2D eigenvalue weighted by Crippen LogP contribution is 2.25. The maximum absolute atomic E-state index is 13.7. The molecule has 0 bridgehead atoms. The number of ether oxygens (including phenoxy) is 1. The van der Waals surface area contributed by atoms with Crippen molar-refractivity contribution in [3.05, 3.63) is 24.0 Å². The van der Waals surface area contributed by atoms with Crippen molar-refractivity contribution in [1.29, 1.82) is 0 Å². The molecule has 0 unspecified atom stereocenters. The summed E-state index contributed by atoms with van der Waals surface area (Å²) in [6, 6.07) is 5.25. The van der Waals surface area contributed by atoms with Gasteiger partial charge in [0.15, 0.2) is 0 Å². The second-order valence-electron chi connectivity index (χ2n) is 4.12. The average Bonchev–Trinajstić information content (AvgIpc) is 2.30. The van der Waals surface area contributed by atoms with Crippen LogP contribution in [0, 0.1) is 5.82 Å². The van der Waals surface area contributed by atoms with E-state index in [0.717, 1.165) is 19.6 Å². The van der Waals surface area contributed by atoms with Crippen LogP contribution in [0.3, 0.4) is 0 Å². The van der Waals surface area contributed by atoms with Crippen LogP contribution in [0.2, 0.25) is 0 Å². The Bertz CT molecular complexity index is 370. The molecule has 3 nitrogen and oxygen atoms in total. The SMILES string of the molecule is COc1ccc(F)c(N2CCN[C@H](C)C2)c1. The molecule has 1 saturated heterocycles. The summed E-state index contributed by atoms with van der Waals surface area (Å²) in [6.07, 6.45) is 0. The molecule has 0 aromatic heterocycles. The second kappa shape index (κ2) is 4.70. The third kappa shape index (κ3) is 2.27. The fourth-order valence-corrected chi connectivity index (χ4v) is 2.01. The van der Waals surface area contributed by atoms with Crippen molar-refractivity contribution in [2.75, 3.05) is 31.6 Å². The van der Waals surface area contributed by atoms with Gasteiger partial charge in [0.2, 0.25) is 0 Å². The van der Waals surface area contributed by atoms with E-state index in [9.17, 15) is 4.39 Å². The first-order chi connectivity index (χ1) is 7.70. The van der Waals surface area contributed by atoms with E-state index in [0.29, 0.717) is 17.5 Å². The summed E-state index contributed by atoms with van der Waals surface area (Å²) in [7, 11) is 1.59. The Morgan fingerprint density at radius 1 is 1.50 bits per heavy atom. The van der Waals surface area contributed by atoms with E-state index in [-0.39, 0.29) is 5.82 Å². The minimum absolute atomic E-state index is 0.185. The molecule has 0 aliphatic carbocycles. The minimum atomic E-state index is -0.185. The molecule has 1 aromatic rings. The van der Waals surface area contributed by atoms with E-state index >= 15 is 0 Å². The van der Waals surface area contributed by atoms with Gasteiger partial charge in [0.05, 0.1) is 12.8 Å². The molecule has 1 fully saturated rings. The van der Waals surface area contributed by atoms with Gasteiger partial charge in [-0.25, -0.2) is 4.39 Å². The number of rotatable bonds is 2. The van der Waals surface area contributed by atoms with Gasteiger partial charge >= 0.3 is 0 Å². The highest BCUT2D eigenvalue weighted by atomic mass is 19.1. The minimum Gasteiger partial charge on any atom is -0.497 e. The fourth-order valence-electron chi connectivity index (χ4n) is 2.01. The molecule has 1 heterocycles. The van der Waals surface area contributed by atoms with Gasteiger partial charge in [-0.05, 0) is 19.1 Å². The molecule has 1 atom stereocenters. The summed E-state index contributed by atoms with van der Waals surface area (Å²) < 4.78 is 18.8. The lowest BCUT2D eigenvalue weighted by Gasteiger charge is -2.33. The molecular formula is C12H17FN2O. The van der Waals surface area contributed by atoms with Gasteiger partial charge in [0, 0.05) is 31.7 Å². The number of piperazine rings is 1. The first kappa shape index (κ1) is 11.2. The zero-order valence-electron chi connectivity index (χ0n) is 9.66. The highest BCUT2D eigenvalue weighted by molar-refractivity contribution is 5.52. The predicted octanol–water partition coefficient (Wildman–Crippen LogP) is 1.63. The second-order valence-corrected chi connectivity index (χ2v) is 4.12. The van der Waals surface area contributed by atoms with Crippen LogP contribution in [-0.4, -0.2) is 32.8 Å². The van der Waals surface area contributed by atoms with Gasteiger partial charge in [0.25, 0.3) is 0 Å². The molecule has 0 amide bonds. The topological polar surface area (TPSA) is 24.5 Å². The van der Waals surface area contributed by atoms with Crippen LogP contribution in [0.1, 0.15) is 6.92 Å². The number of nitrogens with zero attached hydrogens (tertiary/aromatic N) is 1. The average molecular weight is 224 g/mol. The molecule has 2 rings (SSSR count). The lowest BCUT2D eigenvalue weighted by Crippen LogP contribution is -2.49. The zero-order valence-corrected chi connectivity index (χ0v) is 9.66. The number of hydrogen-bond acceptors (Lipinski definition) is 3. The van der Waals surface area contributed by atoms with E-state index in [2.05, 4.69) is 17.1 Å². The number of anilines is 1.